The number of nitrogens with one attached hydrogen (secondary N) is 1. The van der Waals surface area contributed by atoms with Crippen molar-refractivity contribution in [3.8, 4) is 17.5 Å². The largest absolute Gasteiger partial charge is 0.493 e. The van der Waals surface area contributed by atoms with Crippen molar-refractivity contribution in [1.29, 1.82) is 0 Å². The molecule has 0 spiro atoms. The van der Waals surface area contributed by atoms with Crippen molar-refractivity contribution in [3.63, 3.8) is 0 Å². The molecule has 18 heteroatoms. The van der Waals surface area contributed by atoms with Crippen LogP contribution in [0, 0.1) is 6.92 Å². The lowest BCUT2D eigenvalue weighted by atomic mass is 9.94. The number of rotatable bonds is 15. The summed E-state index contributed by atoms with van der Waals surface area (Å²) in [6.45, 7) is 9.96. The molecule has 0 amide bonds. The molecule has 3 heterocycles. The second kappa shape index (κ2) is 24.3. The molecule has 0 bridgehead atoms. The Morgan fingerprint density at radius 1 is 0.698 bits per heavy atom. The van der Waals surface area contributed by atoms with Gasteiger partial charge >= 0.3 is 6.01 Å². The van der Waals surface area contributed by atoms with Crippen LogP contribution < -0.4 is 19.7 Å². The van der Waals surface area contributed by atoms with E-state index in [1.165, 1.54) is 37.7 Å². The molecule has 1 saturated carbocycles. The summed E-state index contributed by atoms with van der Waals surface area (Å²) in [7, 11) is 1.61. The Morgan fingerprint density at radius 3 is 1.89 bits per heavy atom. The lowest BCUT2D eigenvalue weighted by Gasteiger charge is -2.34. The van der Waals surface area contributed by atoms with Gasteiger partial charge in [-0.3, -0.25) is 0 Å². The van der Waals surface area contributed by atoms with Gasteiger partial charge in [0.05, 0.1) is 7.11 Å². The number of anilines is 2. The van der Waals surface area contributed by atoms with Crippen LogP contribution in [0.3, 0.4) is 0 Å². The number of aryl methyl sites for hydroxylation is 2. The van der Waals surface area contributed by atoms with Crippen LogP contribution in [0.2, 0.25) is 26.4 Å². The van der Waals surface area contributed by atoms with Crippen LogP contribution in [-0.4, -0.2) is 71.1 Å². The van der Waals surface area contributed by atoms with Crippen molar-refractivity contribution in [1.82, 2.24) is 44.9 Å². The molecule has 5 rings (SSSR count). The van der Waals surface area contributed by atoms with E-state index in [0.29, 0.717) is 35.3 Å². The molecule has 53 heavy (non-hydrogen) atoms. The third-order valence-corrected chi connectivity index (χ3v) is 8.78. The van der Waals surface area contributed by atoms with Gasteiger partial charge in [-0.1, -0.05) is 65.4 Å². The van der Waals surface area contributed by atoms with Crippen molar-refractivity contribution in [3.05, 3.63) is 56.0 Å². The monoisotopic (exact) mass is 829 g/mol. The Kier molecular flexibility index (Phi) is 20.3. The highest BCUT2D eigenvalue weighted by Gasteiger charge is 2.24. The minimum atomic E-state index is 0.107. The highest BCUT2D eigenvalue weighted by Crippen LogP contribution is 2.32. The maximum absolute atomic E-state index is 5.89. The normalized spacial score (nSPS) is 12.6. The van der Waals surface area contributed by atoms with Crippen LogP contribution in [0.25, 0.3) is 0 Å². The molecule has 1 aliphatic carbocycles. The predicted molar refractivity (Wildman–Crippen MR) is 213 cm³/mol. The van der Waals surface area contributed by atoms with E-state index >= 15 is 0 Å². The SMILES string of the molecule is CCCCN(c1nc(Cl)nc(Cl)n1)C1CCCCC1.CCCCNc1nc(Cl)nc(Cl)n1.CCCCc1ccc(Oc2nc(C)nc(Cl)n2)c(OC)c1. The Labute approximate surface area is 337 Å². The highest BCUT2D eigenvalue weighted by molar-refractivity contribution is 6.31. The number of unbranched alkanes of at least 4 members (excludes halogenated alkanes) is 3. The molecule has 1 N–H and O–H groups in total. The van der Waals surface area contributed by atoms with Gasteiger partial charge < -0.3 is 19.7 Å². The molecule has 0 saturated heterocycles. The molecule has 4 aromatic rings. The first-order valence-corrected chi connectivity index (χ1v) is 19.8. The summed E-state index contributed by atoms with van der Waals surface area (Å²) < 4.78 is 11.0. The lowest BCUT2D eigenvalue weighted by molar-refractivity contribution is 0.366. The number of nitrogens with zero attached hydrogens (tertiary/aromatic N) is 10. The summed E-state index contributed by atoms with van der Waals surface area (Å²) in [6.07, 6.45) is 14.0. The molecule has 0 aliphatic heterocycles. The zero-order valence-corrected chi connectivity index (χ0v) is 34.7. The molecule has 1 fully saturated rings. The van der Waals surface area contributed by atoms with Crippen LogP contribution in [-0.2, 0) is 6.42 Å². The van der Waals surface area contributed by atoms with Gasteiger partial charge in [-0.2, -0.15) is 39.9 Å². The Morgan fingerprint density at radius 2 is 1.30 bits per heavy atom. The van der Waals surface area contributed by atoms with E-state index in [-0.39, 0.29) is 32.4 Å². The van der Waals surface area contributed by atoms with E-state index in [1.807, 2.05) is 18.2 Å². The van der Waals surface area contributed by atoms with Gasteiger partial charge in [0.25, 0.3) is 0 Å². The maximum atomic E-state index is 5.89. The van der Waals surface area contributed by atoms with Crippen molar-refractivity contribution in [2.45, 2.75) is 111 Å². The first-order valence-electron chi connectivity index (χ1n) is 17.9. The minimum Gasteiger partial charge on any atom is -0.493 e. The van der Waals surface area contributed by atoms with Crippen molar-refractivity contribution < 1.29 is 9.47 Å². The van der Waals surface area contributed by atoms with E-state index in [1.54, 1.807) is 14.0 Å². The van der Waals surface area contributed by atoms with Crippen LogP contribution in [0.4, 0.5) is 11.9 Å². The third-order valence-electron chi connectivity index (χ3n) is 7.94. The fourth-order valence-electron chi connectivity index (χ4n) is 5.30. The van der Waals surface area contributed by atoms with Gasteiger partial charge in [0, 0.05) is 19.1 Å². The predicted octanol–water partition coefficient (Wildman–Crippen LogP) is 10.5. The molecule has 13 nitrogen and oxygen atoms in total. The summed E-state index contributed by atoms with van der Waals surface area (Å²) >= 11 is 28.7. The van der Waals surface area contributed by atoms with Crippen molar-refractivity contribution in [2.24, 2.45) is 0 Å². The second-order valence-electron chi connectivity index (χ2n) is 12.1. The van der Waals surface area contributed by atoms with Gasteiger partial charge in [0.15, 0.2) is 11.5 Å². The smallest absolute Gasteiger partial charge is 0.326 e. The molecular weight excluding hydrogens is 784 g/mol. The number of ether oxygens (including phenoxy) is 2. The van der Waals surface area contributed by atoms with Gasteiger partial charge in [-0.25, -0.2) is 4.98 Å². The standard InChI is InChI=1S/C15H18ClN3O2.C13H20Cl2N4.C7H10Cl2N4/c1-4-5-6-11-7-8-12(13(9-11)20-3)21-15-18-10(2)17-14(16)19-15;1-2-3-9-19(10-7-5-4-6-8-10)13-17-11(14)16-12(15)18-13;1-2-3-4-10-7-12-5(8)11-6(9)13-7/h7-9H,4-6H2,1-3H3;10H,2-9H2,1H3;2-4H2,1H3,(H,10,11,12,13). The average Bonchev–Trinajstić information content (AvgIpc) is 3.11. The first-order chi connectivity index (χ1) is 25.5. The summed E-state index contributed by atoms with van der Waals surface area (Å²) in [5.41, 5.74) is 1.21. The third kappa shape index (κ3) is 16.4. The van der Waals surface area contributed by atoms with Crippen LogP contribution in [0.5, 0.6) is 17.5 Å². The summed E-state index contributed by atoms with van der Waals surface area (Å²) in [4.78, 5) is 37.9. The van der Waals surface area contributed by atoms with E-state index in [2.05, 4.69) is 75.8 Å². The maximum Gasteiger partial charge on any atom is 0.326 e. The summed E-state index contributed by atoms with van der Waals surface area (Å²) in [5.74, 6) is 2.77. The topological polar surface area (TPSA) is 150 Å². The highest BCUT2D eigenvalue weighted by atomic mass is 35.5. The Hall–Kier alpha value is -3.10. The molecule has 0 atom stereocenters. The molecule has 3 aromatic heterocycles. The molecule has 0 unspecified atom stereocenters. The molecule has 0 radical (unpaired) electrons. The molecular formula is C35H48Cl5N11O2. The van der Waals surface area contributed by atoms with E-state index < -0.39 is 0 Å². The molecule has 1 aliphatic rings. The number of aromatic nitrogens is 9. The fraction of sp³-hybridized carbons (Fsp3) is 0.571. The van der Waals surface area contributed by atoms with E-state index in [9.17, 15) is 0 Å². The molecule has 1 aromatic carbocycles. The lowest BCUT2D eigenvalue weighted by Crippen LogP contribution is -2.39. The van der Waals surface area contributed by atoms with Gasteiger partial charge in [-0.15, -0.1) is 0 Å². The number of hydrogen-bond donors (Lipinski definition) is 1. The minimum absolute atomic E-state index is 0.107. The summed E-state index contributed by atoms with van der Waals surface area (Å²) in [6, 6.07) is 6.52. The van der Waals surface area contributed by atoms with Crippen LogP contribution >= 0.6 is 58.0 Å². The van der Waals surface area contributed by atoms with Crippen LogP contribution in [0.1, 0.15) is 103 Å². The van der Waals surface area contributed by atoms with Gasteiger partial charge in [0.2, 0.25) is 38.3 Å². The zero-order valence-electron chi connectivity index (χ0n) is 30.9. The number of hydrogen-bond acceptors (Lipinski definition) is 13. The number of methoxy groups -OCH3 is 1. The van der Waals surface area contributed by atoms with Gasteiger partial charge in [0.1, 0.15) is 5.82 Å². The van der Waals surface area contributed by atoms with Crippen molar-refractivity contribution >= 4 is 69.9 Å². The summed E-state index contributed by atoms with van der Waals surface area (Å²) in [5, 5.41) is 3.67. The number of benzene rings is 1. The second-order valence-corrected chi connectivity index (χ2v) is 13.8. The quantitative estimate of drug-likeness (QED) is 0.113. The Balaban J connectivity index is 0.000000220. The van der Waals surface area contributed by atoms with Crippen molar-refractivity contribution in [2.75, 3.05) is 30.4 Å². The zero-order chi connectivity index (χ0) is 38.6. The average molecular weight is 832 g/mol. The number of halogens is 5. The van der Waals surface area contributed by atoms with E-state index in [0.717, 1.165) is 58.0 Å². The fourth-order valence-corrected chi connectivity index (χ4v) is 6.21. The Bertz CT molecular complexity index is 1630. The first kappa shape index (κ1) is 44.3. The van der Waals surface area contributed by atoms with E-state index in [4.69, 9.17) is 67.5 Å². The van der Waals surface area contributed by atoms with Gasteiger partial charge in [-0.05, 0) is 121 Å². The van der Waals surface area contributed by atoms with Crippen LogP contribution in [0.15, 0.2) is 18.2 Å². The molecule has 290 valence electrons.